The summed E-state index contributed by atoms with van der Waals surface area (Å²) in [5.41, 5.74) is 6.93. The maximum atomic E-state index is 12.1. The van der Waals surface area contributed by atoms with Crippen LogP contribution in [0.3, 0.4) is 0 Å². The van der Waals surface area contributed by atoms with Crippen LogP contribution in [0.4, 0.5) is 6.01 Å². The second kappa shape index (κ2) is 10.4. The fourth-order valence-electron chi connectivity index (χ4n) is 3.53. The van der Waals surface area contributed by atoms with Crippen LogP contribution >= 0.6 is 11.6 Å². The monoisotopic (exact) mass is 448 g/mol. The first kappa shape index (κ1) is 22.8. The molecule has 31 heavy (non-hydrogen) atoms. The molecule has 1 heterocycles. The molecule has 1 aromatic heterocycles. The van der Waals surface area contributed by atoms with Crippen molar-refractivity contribution in [3.63, 3.8) is 0 Å². The van der Waals surface area contributed by atoms with Crippen LogP contribution in [0.25, 0.3) is 0 Å². The summed E-state index contributed by atoms with van der Waals surface area (Å²) in [6, 6.07) is 7.09. The van der Waals surface area contributed by atoms with E-state index in [0.29, 0.717) is 16.3 Å². The van der Waals surface area contributed by atoms with Crippen LogP contribution in [0.2, 0.25) is 5.02 Å². The number of rotatable bonds is 7. The van der Waals surface area contributed by atoms with E-state index in [1.165, 1.54) is 14.2 Å². The SMILES string of the molecule is COC(=O)c1oc(/N=C(\N)c2ccccc2Cl)nc1CNC1CCC(C(=O)OC)CC1. The second-order valence-corrected chi connectivity index (χ2v) is 7.60. The number of oxazole rings is 1. The van der Waals surface area contributed by atoms with Gasteiger partial charge in [-0.15, -0.1) is 0 Å². The summed E-state index contributed by atoms with van der Waals surface area (Å²) in [4.78, 5) is 32.3. The van der Waals surface area contributed by atoms with Crippen LogP contribution < -0.4 is 11.1 Å². The molecule has 1 aliphatic carbocycles. The number of nitrogens with one attached hydrogen (secondary N) is 1. The summed E-state index contributed by atoms with van der Waals surface area (Å²) in [6.07, 6.45) is 3.12. The van der Waals surface area contributed by atoms with Crippen LogP contribution in [0.1, 0.15) is 47.5 Å². The molecule has 166 valence electrons. The van der Waals surface area contributed by atoms with E-state index in [9.17, 15) is 9.59 Å². The van der Waals surface area contributed by atoms with Crippen LogP contribution in [0, 0.1) is 5.92 Å². The van der Waals surface area contributed by atoms with Crippen LogP contribution in [0.5, 0.6) is 0 Å². The number of nitrogens with two attached hydrogens (primary N) is 1. The smallest absolute Gasteiger partial charge is 0.376 e. The van der Waals surface area contributed by atoms with E-state index in [1.54, 1.807) is 24.3 Å². The number of nitrogens with zero attached hydrogens (tertiary/aromatic N) is 2. The van der Waals surface area contributed by atoms with Crippen molar-refractivity contribution in [2.24, 2.45) is 16.6 Å². The number of amidine groups is 1. The molecule has 0 aliphatic heterocycles. The first-order chi connectivity index (χ1) is 14.9. The van der Waals surface area contributed by atoms with Gasteiger partial charge in [-0.1, -0.05) is 23.7 Å². The number of esters is 2. The van der Waals surface area contributed by atoms with E-state index < -0.39 is 5.97 Å². The minimum absolute atomic E-state index is 0.0380. The zero-order valence-electron chi connectivity index (χ0n) is 17.4. The highest BCUT2D eigenvalue weighted by Gasteiger charge is 2.28. The Morgan fingerprint density at radius 1 is 1.23 bits per heavy atom. The first-order valence-corrected chi connectivity index (χ1v) is 10.3. The van der Waals surface area contributed by atoms with Crippen molar-refractivity contribution in [1.29, 1.82) is 0 Å². The molecule has 0 saturated heterocycles. The molecule has 1 fully saturated rings. The lowest BCUT2D eigenvalue weighted by Gasteiger charge is -2.27. The van der Waals surface area contributed by atoms with Crippen molar-refractivity contribution in [2.75, 3.05) is 14.2 Å². The topological polar surface area (TPSA) is 129 Å². The Bertz CT molecular complexity index is 966. The lowest BCUT2D eigenvalue weighted by Crippen LogP contribution is -2.35. The molecule has 3 N–H and O–H groups in total. The van der Waals surface area contributed by atoms with Crippen LogP contribution in [0.15, 0.2) is 33.7 Å². The minimum atomic E-state index is -0.656. The number of hydrogen-bond acceptors (Lipinski definition) is 8. The molecule has 1 saturated carbocycles. The highest BCUT2D eigenvalue weighted by molar-refractivity contribution is 6.34. The maximum Gasteiger partial charge on any atom is 0.376 e. The Balaban J connectivity index is 1.71. The Hall–Kier alpha value is -2.91. The van der Waals surface area contributed by atoms with Crippen molar-refractivity contribution < 1.29 is 23.5 Å². The van der Waals surface area contributed by atoms with E-state index in [4.69, 9.17) is 31.2 Å². The summed E-state index contributed by atoms with van der Waals surface area (Å²) in [6.45, 7) is 0.281. The predicted octanol–water partition coefficient (Wildman–Crippen LogP) is 2.97. The van der Waals surface area contributed by atoms with Crippen molar-refractivity contribution in [3.8, 4) is 0 Å². The van der Waals surface area contributed by atoms with Gasteiger partial charge in [0.1, 0.15) is 11.5 Å². The largest absolute Gasteiger partial charge is 0.469 e. The fraction of sp³-hybridized carbons (Fsp3) is 0.429. The Kier molecular flexibility index (Phi) is 7.64. The highest BCUT2D eigenvalue weighted by Crippen LogP contribution is 2.26. The van der Waals surface area contributed by atoms with Gasteiger partial charge < -0.3 is 24.9 Å². The molecular formula is C21H25ClN4O5. The van der Waals surface area contributed by atoms with Gasteiger partial charge in [-0.05, 0) is 37.8 Å². The first-order valence-electron chi connectivity index (χ1n) is 9.91. The maximum absolute atomic E-state index is 12.1. The van der Waals surface area contributed by atoms with Crippen molar-refractivity contribution in [3.05, 3.63) is 46.3 Å². The average molecular weight is 449 g/mol. The van der Waals surface area contributed by atoms with Gasteiger partial charge in [-0.25, -0.2) is 4.79 Å². The van der Waals surface area contributed by atoms with E-state index in [-0.39, 0.29) is 42.1 Å². The lowest BCUT2D eigenvalue weighted by atomic mass is 9.86. The van der Waals surface area contributed by atoms with E-state index in [0.717, 1.165) is 25.7 Å². The number of carbonyl (C=O) groups is 2. The molecule has 1 aliphatic rings. The second-order valence-electron chi connectivity index (χ2n) is 7.19. The molecule has 0 radical (unpaired) electrons. The van der Waals surface area contributed by atoms with Gasteiger partial charge in [0.05, 0.1) is 25.2 Å². The summed E-state index contributed by atoms with van der Waals surface area (Å²) in [7, 11) is 2.67. The quantitative estimate of drug-likeness (QED) is 0.375. The number of aromatic nitrogens is 1. The van der Waals surface area contributed by atoms with Gasteiger partial charge in [0.15, 0.2) is 0 Å². The number of aliphatic imine (C=N–C) groups is 1. The van der Waals surface area contributed by atoms with Gasteiger partial charge in [0.2, 0.25) is 5.76 Å². The molecule has 0 spiro atoms. The van der Waals surface area contributed by atoms with Gasteiger partial charge in [-0.3, -0.25) is 4.79 Å². The molecule has 3 rings (SSSR count). The summed E-state index contributed by atoms with van der Waals surface area (Å²) < 4.78 is 15.1. The molecule has 1 aromatic carbocycles. The molecule has 0 unspecified atom stereocenters. The van der Waals surface area contributed by atoms with Gasteiger partial charge in [0, 0.05) is 18.2 Å². The third-order valence-corrected chi connectivity index (χ3v) is 5.57. The molecule has 2 aromatic rings. The molecular weight excluding hydrogens is 424 g/mol. The standard InChI is InChI=1S/C21H25ClN4O5/c1-29-19(27)12-7-9-13(10-8-12)24-11-16-17(20(28)30-2)31-21(25-16)26-18(23)14-5-3-4-6-15(14)22/h3-6,12-13,24H,7-11H2,1-2H3,(H2,23,25,26). The van der Waals surface area contributed by atoms with Gasteiger partial charge >= 0.3 is 18.0 Å². The molecule has 9 nitrogen and oxygen atoms in total. The zero-order chi connectivity index (χ0) is 22.4. The third-order valence-electron chi connectivity index (χ3n) is 5.24. The van der Waals surface area contributed by atoms with Crippen molar-refractivity contribution >= 4 is 35.4 Å². The zero-order valence-corrected chi connectivity index (χ0v) is 18.1. The minimum Gasteiger partial charge on any atom is -0.469 e. The lowest BCUT2D eigenvalue weighted by molar-refractivity contribution is -0.146. The van der Waals surface area contributed by atoms with Gasteiger partial charge in [-0.2, -0.15) is 9.98 Å². The van der Waals surface area contributed by atoms with Crippen molar-refractivity contribution in [1.82, 2.24) is 10.3 Å². The van der Waals surface area contributed by atoms with E-state index in [1.807, 2.05) is 0 Å². The summed E-state index contributed by atoms with van der Waals surface area (Å²) >= 11 is 6.14. The Morgan fingerprint density at radius 2 is 1.94 bits per heavy atom. The number of methoxy groups -OCH3 is 2. The Labute approximate surface area is 185 Å². The third kappa shape index (κ3) is 5.62. The van der Waals surface area contributed by atoms with Crippen LogP contribution in [-0.2, 0) is 20.8 Å². The van der Waals surface area contributed by atoms with E-state index >= 15 is 0 Å². The van der Waals surface area contributed by atoms with Gasteiger partial charge in [0.25, 0.3) is 0 Å². The number of carbonyl (C=O) groups excluding carboxylic acids is 2. The number of ether oxygens (including phenoxy) is 2. The predicted molar refractivity (Wildman–Crippen MR) is 114 cm³/mol. The summed E-state index contributed by atoms with van der Waals surface area (Å²) in [5, 5.41) is 3.80. The van der Waals surface area contributed by atoms with Crippen molar-refractivity contribution in [2.45, 2.75) is 38.3 Å². The molecule has 10 heteroatoms. The summed E-state index contributed by atoms with van der Waals surface area (Å²) in [5.74, 6) is -0.805. The Morgan fingerprint density at radius 3 is 2.58 bits per heavy atom. The van der Waals surface area contributed by atoms with E-state index in [2.05, 4.69) is 15.3 Å². The highest BCUT2D eigenvalue weighted by atomic mass is 35.5. The number of benzene rings is 1. The molecule has 0 bridgehead atoms. The number of hydrogen-bond donors (Lipinski definition) is 2. The average Bonchev–Trinajstić information content (AvgIpc) is 3.19. The molecule has 0 atom stereocenters. The normalized spacial score (nSPS) is 19.1. The van der Waals surface area contributed by atoms with Crippen LogP contribution in [-0.4, -0.2) is 43.0 Å². The fourth-order valence-corrected chi connectivity index (χ4v) is 3.76. The molecule has 0 amide bonds. The number of halogens is 1.